The molecule has 0 aromatic rings. The normalized spacial score (nSPS) is 18.1. The first-order valence-corrected chi connectivity index (χ1v) is 6.73. The van der Waals surface area contributed by atoms with Crippen LogP contribution in [0.5, 0.6) is 0 Å². The Bertz CT molecular complexity index is 210. The topological polar surface area (TPSA) is 90.9 Å². The molecule has 0 rings (SSSR count). The highest BCUT2D eigenvalue weighted by molar-refractivity contribution is 7.99. The fraction of sp³-hybridized carbons (Fsp3) is 0.900. The third kappa shape index (κ3) is 5.58. The molecule has 5 nitrogen and oxygen atoms in total. The molecule has 0 bridgehead atoms. The van der Waals surface area contributed by atoms with Crippen LogP contribution in [0, 0.1) is 0 Å². The number of nitrogens with two attached hydrogens (primary N) is 1. The number of hydrogen-bond donors (Lipinski definition) is 4. The Morgan fingerprint density at radius 2 is 2.19 bits per heavy atom. The molecule has 0 aliphatic rings. The van der Waals surface area contributed by atoms with Gasteiger partial charge in [-0.15, -0.1) is 0 Å². The van der Waals surface area contributed by atoms with Crippen molar-refractivity contribution in [2.45, 2.75) is 44.0 Å². The quantitative estimate of drug-likeness (QED) is 0.219. The first-order chi connectivity index (χ1) is 7.58. The maximum absolute atomic E-state index is 9.16. The van der Waals surface area contributed by atoms with E-state index in [1.165, 1.54) is 0 Å². The molecular formula is C10H23N3O2S. The number of rotatable bonds is 8. The van der Waals surface area contributed by atoms with Gasteiger partial charge in [-0.1, -0.05) is 12.1 Å². The Morgan fingerprint density at radius 3 is 2.56 bits per heavy atom. The van der Waals surface area contributed by atoms with E-state index in [1.54, 1.807) is 11.8 Å². The molecule has 16 heavy (non-hydrogen) atoms. The van der Waals surface area contributed by atoms with Gasteiger partial charge in [0.05, 0.1) is 6.61 Å². The van der Waals surface area contributed by atoms with Crippen LogP contribution in [0.15, 0.2) is 5.16 Å². The number of aliphatic hydroxyl groups excluding tert-OH is 1. The Kier molecular flexibility index (Phi) is 8.42. The summed E-state index contributed by atoms with van der Waals surface area (Å²) in [5, 5.41) is 24.2. The van der Waals surface area contributed by atoms with E-state index < -0.39 is 0 Å². The van der Waals surface area contributed by atoms with E-state index in [9.17, 15) is 0 Å². The van der Waals surface area contributed by atoms with Crippen molar-refractivity contribution in [1.82, 2.24) is 5.32 Å². The number of thioether (sulfide) groups is 1. The van der Waals surface area contributed by atoms with E-state index in [0.29, 0.717) is 6.42 Å². The average Bonchev–Trinajstić information content (AvgIpc) is 2.29. The van der Waals surface area contributed by atoms with E-state index >= 15 is 0 Å². The molecule has 6 heteroatoms. The Labute approximate surface area is 101 Å². The smallest absolute Gasteiger partial charge is 0.140 e. The minimum atomic E-state index is 0.148. The van der Waals surface area contributed by atoms with Crippen LogP contribution in [-0.2, 0) is 0 Å². The fourth-order valence-corrected chi connectivity index (χ4v) is 2.17. The number of nitrogens with zero attached hydrogens (tertiary/aromatic N) is 1. The summed E-state index contributed by atoms with van der Waals surface area (Å²) in [4.78, 5) is 0. The Morgan fingerprint density at radius 1 is 1.56 bits per heavy atom. The van der Waals surface area contributed by atoms with E-state index in [-0.39, 0.29) is 29.8 Å². The van der Waals surface area contributed by atoms with Gasteiger partial charge in [0, 0.05) is 23.8 Å². The maximum atomic E-state index is 9.16. The van der Waals surface area contributed by atoms with Gasteiger partial charge in [0.15, 0.2) is 0 Å². The molecule has 0 aromatic heterocycles. The third-order valence-electron chi connectivity index (χ3n) is 2.62. The van der Waals surface area contributed by atoms with Crippen molar-refractivity contribution in [2.75, 3.05) is 12.9 Å². The van der Waals surface area contributed by atoms with E-state index in [2.05, 4.69) is 10.5 Å². The number of oxime groups is 1. The van der Waals surface area contributed by atoms with Crippen LogP contribution in [0.3, 0.4) is 0 Å². The van der Waals surface area contributed by atoms with Gasteiger partial charge in [-0.25, -0.2) is 0 Å². The summed E-state index contributed by atoms with van der Waals surface area (Å²) >= 11 is 1.63. The summed E-state index contributed by atoms with van der Waals surface area (Å²) in [7, 11) is 0. The summed E-state index contributed by atoms with van der Waals surface area (Å²) < 4.78 is 0. The molecule has 0 aromatic carbocycles. The molecule has 0 radical (unpaired) electrons. The number of hydrogen-bond acceptors (Lipinski definition) is 5. The highest BCUT2D eigenvalue weighted by Crippen LogP contribution is 2.12. The number of amidine groups is 1. The molecule has 0 saturated carbocycles. The highest BCUT2D eigenvalue weighted by atomic mass is 32.2. The zero-order valence-corrected chi connectivity index (χ0v) is 11.0. The van der Waals surface area contributed by atoms with Gasteiger partial charge < -0.3 is 21.4 Å². The Balaban J connectivity index is 4.20. The first-order valence-electron chi connectivity index (χ1n) is 5.45. The van der Waals surface area contributed by atoms with Crippen LogP contribution in [-0.4, -0.2) is 46.3 Å². The van der Waals surface area contributed by atoms with Crippen molar-refractivity contribution in [3.8, 4) is 0 Å². The summed E-state index contributed by atoms with van der Waals surface area (Å²) in [5.41, 5.74) is 5.47. The average molecular weight is 249 g/mol. The minimum absolute atomic E-state index is 0.148. The van der Waals surface area contributed by atoms with E-state index in [1.807, 2.05) is 20.1 Å². The van der Waals surface area contributed by atoms with Crippen LogP contribution in [0.2, 0.25) is 0 Å². The first kappa shape index (κ1) is 15.5. The zero-order chi connectivity index (χ0) is 12.6. The maximum Gasteiger partial charge on any atom is 0.140 e. The summed E-state index contributed by atoms with van der Waals surface area (Å²) in [5.74, 6) is 0.233. The molecule has 0 saturated heterocycles. The third-order valence-corrected chi connectivity index (χ3v) is 3.78. The van der Waals surface area contributed by atoms with Crippen LogP contribution in [0.25, 0.3) is 0 Å². The van der Waals surface area contributed by atoms with Gasteiger partial charge in [0.2, 0.25) is 0 Å². The molecule has 0 fully saturated rings. The number of nitrogens with one attached hydrogen (secondary N) is 1. The molecule has 0 aliphatic heterocycles. The summed E-state index contributed by atoms with van der Waals surface area (Å²) in [6.07, 6.45) is 3.39. The van der Waals surface area contributed by atoms with Crippen molar-refractivity contribution < 1.29 is 10.3 Å². The minimum Gasteiger partial charge on any atom is -0.409 e. The molecule has 0 spiro atoms. The molecule has 3 atom stereocenters. The largest absolute Gasteiger partial charge is 0.409 e. The van der Waals surface area contributed by atoms with E-state index in [0.717, 1.165) is 6.42 Å². The van der Waals surface area contributed by atoms with Gasteiger partial charge in [-0.3, -0.25) is 0 Å². The second kappa shape index (κ2) is 8.66. The van der Waals surface area contributed by atoms with Crippen LogP contribution in [0.1, 0.15) is 26.7 Å². The monoisotopic (exact) mass is 249 g/mol. The van der Waals surface area contributed by atoms with Crippen molar-refractivity contribution in [3.63, 3.8) is 0 Å². The van der Waals surface area contributed by atoms with Crippen LogP contribution >= 0.6 is 11.8 Å². The zero-order valence-electron chi connectivity index (χ0n) is 10.2. The van der Waals surface area contributed by atoms with Crippen molar-refractivity contribution in [3.05, 3.63) is 0 Å². The van der Waals surface area contributed by atoms with Gasteiger partial charge in [-0.05, 0) is 19.6 Å². The SMILES string of the molecule is CCC(CC(N)=NO)NC(C)C(CO)SC. The lowest BCUT2D eigenvalue weighted by molar-refractivity contribution is 0.269. The molecule has 3 unspecified atom stereocenters. The predicted octanol–water partition coefficient (Wildman–Crippen LogP) is 0.604. The Hall–Kier alpha value is -0.460. The molecule has 0 heterocycles. The van der Waals surface area contributed by atoms with Crippen molar-refractivity contribution in [1.29, 1.82) is 0 Å². The fourth-order valence-electron chi connectivity index (χ4n) is 1.53. The lowest BCUT2D eigenvalue weighted by Gasteiger charge is -2.26. The lowest BCUT2D eigenvalue weighted by atomic mass is 10.1. The molecule has 96 valence electrons. The summed E-state index contributed by atoms with van der Waals surface area (Å²) in [6.45, 7) is 4.23. The van der Waals surface area contributed by atoms with Crippen molar-refractivity contribution >= 4 is 17.6 Å². The standard InChI is InChI=1S/C10H23N3O2S/c1-4-8(5-10(11)13-15)12-7(2)9(6-14)16-3/h7-9,12,14-15H,4-6H2,1-3H3,(H2,11,13). The lowest BCUT2D eigenvalue weighted by Crippen LogP contribution is -2.44. The molecule has 0 amide bonds. The van der Waals surface area contributed by atoms with Gasteiger partial charge >= 0.3 is 0 Å². The molecular weight excluding hydrogens is 226 g/mol. The summed E-state index contributed by atoms with van der Waals surface area (Å²) in [6, 6.07) is 0.364. The van der Waals surface area contributed by atoms with Crippen LogP contribution in [0.4, 0.5) is 0 Å². The van der Waals surface area contributed by atoms with Gasteiger partial charge in [0.1, 0.15) is 5.84 Å². The number of aliphatic hydroxyl groups is 1. The van der Waals surface area contributed by atoms with Gasteiger partial charge in [0.25, 0.3) is 0 Å². The molecule has 5 N–H and O–H groups in total. The second-order valence-corrected chi connectivity index (χ2v) is 4.89. The second-order valence-electron chi connectivity index (χ2n) is 3.81. The predicted molar refractivity (Wildman–Crippen MR) is 69.1 cm³/mol. The van der Waals surface area contributed by atoms with Crippen molar-refractivity contribution in [2.24, 2.45) is 10.9 Å². The highest BCUT2D eigenvalue weighted by Gasteiger charge is 2.18. The van der Waals surface area contributed by atoms with Crippen LogP contribution < -0.4 is 11.1 Å². The van der Waals surface area contributed by atoms with Gasteiger partial charge in [-0.2, -0.15) is 11.8 Å². The van der Waals surface area contributed by atoms with E-state index in [4.69, 9.17) is 16.0 Å². The molecule has 0 aliphatic carbocycles.